The van der Waals surface area contributed by atoms with Gasteiger partial charge in [-0.1, -0.05) is 47.7 Å². The highest BCUT2D eigenvalue weighted by molar-refractivity contribution is 8.22. The molecule has 1 saturated heterocycles. The molecule has 0 radical (unpaired) electrons. The summed E-state index contributed by atoms with van der Waals surface area (Å²) in [6.07, 6.45) is 2.55. The normalized spacial score (nSPS) is 15.4. The Kier molecular flexibility index (Phi) is 4.50. The van der Waals surface area contributed by atoms with Crippen molar-refractivity contribution in [3.05, 3.63) is 34.9 Å². The number of likely N-dealkylation sites (tertiary alicyclic amines) is 1. The van der Waals surface area contributed by atoms with E-state index in [1.54, 1.807) is 11.8 Å². The van der Waals surface area contributed by atoms with Gasteiger partial charge in [0.05, 0.1) is 0 Å². The molecule has 1 aromatic carbocycles. The summed E-state index contributed by atoms with van der Waals surface area (Å²) in [6, 6.07) is 7.97. The fraction of sp³-hybridized carbons (Fsp3) is 0.417. The molecule has 86 valence electrons. The van der Waals surface area contributed by atoms with E-state index in [2.05, 4.69) is 11.0 Å². The van der Waals surface area contributed by atoms with Crippen LogP contribution < -0.4 is 0 Å². The minimum atomic E-state index is 0.796. The first-order valence-electron chi connectivity index (χ1n) is 5.42. The van der Waals surface area contributed by atoms with Crippen LogP contribution in [-0.4, -0.2) is 22.3 Å². The van der Waals surface area contributed by atoms with Crippen LogP contribution in [0.5, 0.6) is 0 Å². The van der Waals surface area contributed by atoms with Gasteiger partial charge in [0, 0.05) is 23.9 Å². The first-order valence-corrected chi connectivity index (χ1v) is 7.19. The van der Waals surface area contributed by atoms with Gasteiger partial charge in [-0.3, -0.25) is 0 Å². The number of halogens is 1. The van der Waals surface area contributed by atoms with Gasteiger partial charge in [0.1, 0.15) is 4.32 Å². The van der Waals surface area contributed by atoms with Crippen molar-refractivity contribution < 1.29 is 0 Å². The van der Waals surface area contributed by atoms with E-state index in [0.29, 0.717) is 0 Å². The number of thiocarbonyl (C=S) groups is 1. The fourth-order valence-corrected chi connectivity index (χ4v) is 3.17. The third-order valence-electron chi connectivity index (χ3n) is 2.62. The third kappa shape index (κ3) is 3.37. The molecule has 0 aliphatic carbocycles. The second-order valence-corrected chi connectivity index (χ2v) is 5.92. The maximum atomic E-state index is 5.93. The zero-order valence-electron chi connectivity index (χ0n) is 8.99. The van der Waals surface area contributed by atoms with Crippen LogP contribution in [0.3, 0.4) is 0 Å². The average Bonchev–Trinajstić information content (AvgIpc) is 2.79. The van der Waals surface area contributed by atoms with E-state index in [-0.39, 0.29) is 0 Å². The van der Waals surface area contributed by atoms with Gasteiger partial charge in [-0.15, -0.1) is 0 Å². The van der Waals surface area contributed by atoms with Crippen molar-refractivity contribution in [1.29, 1.82) is 0 Å². The lowest BCUT2D eigenvalue weighted by Gasteiger charge is -2.17. The molecule has 1 heterocycles. The van der Waals surface area contributed by atoms with Gasteiger partial charge in [-0.25, -0.2) is 0 Å². The molecular weight excluding hydrogens is 258 g/mol. The summed E-state index contributed by atoms with van der Waals surface area (Å²) in [7, 11) is 0. The molecule has 1 fully saturated rings. The molecule has 1 nitrogen and oxygen atoms in total. The van der Waals surface area contributed by atoms with Crippen molar-refractivity contribution in [3.8, 4) is 0 Å². The Hall–Kier alpha value is -0.250. The van der Waals surface area contributed by atoms with E-state index in [0.717, 1.165) is 28.2 Å². The molecule has 0 amide bonds. The molecule has 0 unspecified atom stereocenters. The molecular formula is C12H14ClNS2. The average molecular weight is 272 g/mol. The highest BCUT2D eigenvalue weighted by Crippen LogP contribution is 2.21. The van der Waals surface area contributed by atoms with Crippen LogP contribution in [0.15, 0.2) is 24.3 Å². The highest BCUT2D eigenvalue weighted by Gasteiger charge is 2.14. The van der Waals surface area contributed by atoms with E-state index in [9.17, 15) is 0 Å². The zero-order chi connectivity index (χ0) is 11.4. The van der Waals surface area contributed by atoms with E-state index >= 15 is 0 Å². The highest BCUT2D eigenvalue weighted by atomic mass is 35.5. The van der Waals surface area contributed by atoms with Crippen molar-refractivity contribution >= 4 is 39.9 Å². The van der Waals surface area contributed by atoms with E-state index in [1.165, 1.54) is 18.4 Å². The van der Waals surface area contributed by atoms with Crippen LogP contribution in [0.4, 0.5) is 0 Å². The number of thioether (sulfide) groups is 1. The molecule has 0 bridgehead atoms. The lowest BCUT2D eigenvalue weighted by molar-refractivity contribution is 0.539. The molecule has 0 aromatic heterocycles. The predicted molar refractivity (Wildman–Crippen MR) is 76.2 cm³/mol. The molecule has 0 N–H and O–H groups in total. The summed E-state index contributed by atoms with van der Waals surface area (Å²) in [5.74, 6) is 0.913. The molecule has 1 aromatic rings. The molecule has 0 atom stereocenters. The maximum absolute atomic E-state index is 5.93. The monoisotopic (exact) mass is 271 g/mol. The van der Waals surface area contributed by atoms with Crippen molar-refractivity contribution in [3.63, 3.8) is 0 Å². The molecule has 16 heavy (non-hydrogen) atoms. The summed E-state index contributed by atoms with van der Waals surface area (Å²) in [5, 5.41) is 0.796. The fourth-order valence-electron chi connectivity index (χ4n) is 1.76. The topological polar surface area (TPSA) is 3.24 Å². The van der Waals surface area contributed by atoms with Gasteiger partial charge in [0.25, 0.3) is 0 Å². The standard InChI is InChI=1S/C12H14ClNS2/c13-11-5-3-4-10(8-11)9-16-12(15)14-6-1-2-7-14/h3-5,8H,1-2,6-7,9H2. The minimum Gasteiger partial charge on any atom is -0.358 e. The van der Waals surface area contributed by atoms with Crippen molar-refractivity contribution in [1.82, 2.24) is 4.90 Å². The Morgan fingerprint density at radius 3 is 2.81 bits per heavy atom. The van der Waals surface area contributed by atoms with Crippen LogP contribution >= 0.6 is 35.6 Å². The van der Waals surface area contributed by atoms with Crippen LogP contribution in [0.1, 0.15) is 18.4 Å². The molecule has 0 saturated carbocycles. The Morgan fingerprint density at radius 2 is 2.12 bits per heavy atom. The lowest BCUT2D eigenvalue weighted by atomic mass is 10.2. The second-order valence-electron chi connectivity index (χ2n) is 3.88. The number of hydrogen-bond donors (Lipinski definition) is 0. The Balaban J connectivity index is 1.84. The Bertz CT molecular complexity index is 375. The number of nitrogens with zero attached hydrogens (tertiary/aromatic N) is 1. The Labute approximate surface area is 111 Å². The molecule has 1 aliphatic rings. The zero-order valence-corrected chi connectivity index (χ0v) is 11.4. The summed E-state index contributed by atoms with van der Waals surface area (Å²) < 4.78 is 1.03. The summed E-state index contributed by atoms with van der Waals surface area (Å²) >= 11 is 13.1. The minimum absolute atomic E-state index is 0.796. The SMILES string of the molecule is S=C(SCc1cccc(Cl)c1)N1CCCC1. The van der Waals surface area contributed by atoms with Crippen LogP contribution in [0, 0.1) is 0 Å². The number of rotatable bonds is 2. The Morgan fingerprint density at radius 1 is 1.38 bits per heavy atom. The van der Waals surface area contributed by atoms with Gasteiger partial charge < -0.3 is 4.90 Å². The van der Waals surface area contributed by atoms with Gasteiger partial charge in [-0.05, 0) is 30.5 Å². The number of benzene rings is 1. The van der Waals surface area contributed by atoms with Gasteiger partial charge in [0.2, 0.25) is 0 Å². The molecule has 4 heteroatoms. The summed E-state index contributed by atoms with van der Waals surface area (Å²) in [5.41, 5.74) is 1.24. The van der Waals surface area contributed by atoms with Crippen molar-refractivity contribution in [2.75, 3.05) is 13.1 Å². The second kappa shape index (κ2) is 5.89. The molecule has 1 aliphatic heterocycles. The lowest BCUT2D eigenvalue weighted by Crippen LogP contribution is -2.23. The maximum Gasteiger partial charge on any atom is 0.136 e. The summed E-state index contributed by atoms with van der Waals surface area (Å²) in [6.45, 7) is 2.25. The van der Waals surface area contributed by atoms with Crippen LogP contribution in [-0.2, 0) is 5.75 Å². The summed E-state index contributed by atoms with van der Waals surface area (Å²) in [4.78, 5) is 2.30. The van der Waals surface area contributed by atoms with Gasteiger partial charge in [0.15, 0.2) is 0 Å². The van der Waals surface area contributed by atoms with E-state index in [4.69, 9.17) is 23.8 Å². The predicted octanol–water partition coefficient (Wildman–Crippen LogP) is 3.95. The largest absolute Gasteiger partial charge is 0.358 e. The third-order valence-corrected chi connectivity index (χ3v) is 4.45. The van der Waals surface area contributed by atoms with Crippen molar-refractivity contribution in [2.45, 2.75) is 18.6 Å². The van der Waals surface area contributed by atoms with Crippen LogP contribution in [0.25, 0.3) is 0 Å². The molecule has 2 rings (SSSR count). The van der Waals surface area contributed by atoms with Gasteiger partial charge in [-0.2, -0.15) is 0 Å². The number of hydrogen-bond acceptors (Lipinski definition) is 2. The quantitative estimate of drug-likeness (QED) is 0.750. The van der Waals surface area contributed by atoms with E-state index in [1.807, 2.05) is 18.2 Å². The van der Waals surface area contributed by atoms with E-state index < -0.39 is 0 Å². The smallest absolute Gasteiger partial charge is 0.136 e. The first kappa shape index (κ1) is 12.2. The first-order chi connectivity index (χ1) is 7.75. The van der Waals surface area contributed by atoms with Crippen LogP contribution in [0.2, 0.25) is 5.02 Å². The van der Waals surface area contributed by atoms with Gasteiger partial charge >= 0.3 is 0 Å². The van der Waals surface area contributed by atoms with Crippen molar-refractivity contribution in [2.24, 2.45) is 0 Å². The molecule has 0 spiro atoms.